The van der Waals surface area contributed by atoms with Gasteiger partial charge < -0.3 is 24.1 Å². The highest BCUT2D eigenvalue weighted by atomic mass is 16.5. The van der Waals surface area contributed by atoms with Crippen LogP contribution in [-0.4, -0.2) is 75.1 Å². The summed E-state index contributed by atoms with van der Waals surface area (Å²) in [5.74, 6) is 0.998. The highest BCUT2D eigenvalue weighted by Crippen LogP contribution is 2.24. The molecular weight excluding hydrogens is 350 g/mol. The monoisotopic (exact) mass is 377 g/mol. The molecule has 148 valence electrons. The zero-order chi connectivity index (χ0) is 19.1. The lowest BCUT2D eigenvalue weighted by molar-refractivity contribution is -0.117. The van der Waals surface area contributed by atoms with Gasteiger partial charge in [0.15, 0.2) is 6.61 Å². The molecule has 1 fully saturated rings. The van der Waals surface area contributed by atoms with Crippen molar-refractivity contribution >= 4 is 5.78 Å². The molecular formula is C20H27NO6. The fourth-order valence-electron chi connectivity index (χ4n) is 3.23. The standard InChI is InChI=1S/C20H27NO6/c1-24-15-4-2-5-16(12-15)26-14-18(22)17-13-27-19(20(17)23)6-3-7-21-8-10-25-11-9-21/h2,4-5,12,19,23H,3,6-11,13-14H2,1H3. The number of carbonyl (C=O) groups is 1. The van der Waals surface area contributed by atoms with E-state index in [-0.39, 0.29) is 24.8 Å². The topological polar surface area (TPSA) is 77.5 Å². The first-order chi connectivity index (χ1) is 13.2. The number of benzene rings is 1. The van der Waals surface area contributed by atoms with E-state index in [1.165, 1.54) is 0 Å². The van der Waals surface area contributed by atoms with E-state index in [0.29, 0.717) is 23.5 Å². The van der Waals surface area contributed by atoms with E-state index >= 15 is 0 Å². The second-order valence-corrected chi connectivity index (χ2v) is 6.65. The first-order valence-corrected chi connectivity index (χ1v) is 9.31. The molecule has 1 N–H and O–H groups in total. The van der Waals surface area contributed by atoms with Crippen LogP contribution >= 0.6 is 0 Å². The lowest BCUT2D eigenvalue weighted by Gasteiger charge is -2.26. The van der Waals surface area contributed by atoms with E-state index in [2.05, 4.69) is 4.90 Å². The number of nitrogens with zero attached hydrogens (tertiary/aromatic N) is 1. The van der Waals surface area contributed by atoms with Gasteiger partial charge in [0.1, 0.15) is 23.4 Å². The molecule has 1 aromatic rings. The highest BCUT2D eigenvalue weighted by molar-refractivity contribution is 5.97. The molecule has 2 aliphatic heterocycles. The predicted octanol–water partition coefficient (Wildman–Crippen LogP) is 1.97. The lowest BCUT2D eigenvalue weighted by Crippen LogP contribution is -2.37. The van der Waals surface area contributed by atoms with Gasteiger partial charge in [-0.1, -0.05) is 6.07 Å². The van der Waals surface area contributed by atoms with Gasteiger partial charge in [-0.05, 0) is 31.5 Å². The molecule has 0 aliphatic carbocycles. The number of ether oxygens (including phenoxy) is 4. The Morgan fingerprint density at radius 1 is 1.30 bits per heavy atom. The summed E-state index contributed by atoms with van der Waals surface area (Å²) in [6, 6.07) is 7.05. The van der Waals surface area contributed by atoms with Gasteiger partial charge in [0.25, 0.3) is 0 Å². The summed E-state index contributed by atoms with van der Waals surface area (Å²) >= 11 is 0. The molecule has 1 aromatic carbocycles. The number of aliphatic hydroxyl groups excluding tert-OH is 1. The van der Waals surface area contributed by atoms with Crippen LogP contribution in [0.1, 0.15) is 12.8 Å². The fraction of sp³-hybridized carbons (Fsp3) is 0.550. The predicted molar refractivity (Wildman–Crippen MR) is 99.4 cm³/mol. The molecule has 3 rings (SSSR count). The van der Waals surface area contributed by atoms with Crippen LogP contribution < -0.4 is 9.47 Å². The summed E-state index contributed by atoms with van der Waals surface area (Å²) in [6.45, 7) is 4.37. The van der Waals surface area contributed by atoms with Crippen LogP contribution in [0.25, 0.3) is 0 Å². The summed E-state index contributed by atoms with van der Waals surface area (Å²) in [6.07, 6.45) is 1.19. The van der Waals surface area contributed by atoms with Crippen molar-refractivity contribution in [1.82, 2.24) is 4.90 Å². The molecule has 1 atom stereocenters. The third kappa shape index (κ3) is 5.45. The molecule has 7 nitrogen and oxygen atoms in total. The van der Waals surface area contributed by atoms with Crippen LogP contribution in [0.5, 0.6) is 11.5 Å². The van der Waals surface area contributed by atoms with Crippen molar-refractivity contribution < 1.29 is 28.8 Å². The normalized spacial score (nSPS) is 20.7. The Labute approximate surface area is 159 Å². The smallest absolute Gasteiger partial charge is 0.201 e. The summed E-state index contributed by atoms with van der Waals surface area (Å²) < 4.78 is 21.6. The molecule has 1 saturated heterocycles. The Hall–Kier alpha value is -2.09. The quantitative estimate of drug-likeness (QED) is 0.705. The van der Waals surface area contributed by atoms with E-state index < -0.39 is 6.10 Å². The lowest BCUT2D eigenvalue weighted by atomic mass is 10.1. The van der Waals surface area contributed by atoms with Crippen molar-refractivity contribution in [2.24, 2.45) is 0 Å². The molecule has 1 unspecified atom stereocenters. The number of rotatable bonds is 9. The second-order valence-electron chi connectivity index (χ2n) is 6.65. The molecule has 0 amide bonds. The van der Waals surface area contributed by atoms with Crippen molar-refractivity contribution in [1.29, 1.82) is 0 Å². The van der Waals surface area contributed by atoms with Crippen molar-refractivity contribution in [2.75, 3.05) is 53.2 Å². The SMILES string of the molecule is COc1cccc(OCC(=O)C2=C(O)C(CCCN3CCOCC3)OC2)c1. The van der Waals surface area contributed by atoms with Crippen molar-refractivity contribution in [3.05, 3.63) is 35.6 Å². The van der Waals surface area contributed by atoms with E-state index in [9.17, 15) is 9.90 Å². The number of morpholine rings is 1. The molecule has 27 heavy (non-hydrogen) atoms. The number of aliphatic hydroxyl groups is 1. The zero-order valence-electron chi connectivity index (χ0n) is 15.7. The van der Waals surface area contributed by atoms with Gasteiger partial charge in [0.05, 0.1) is 32.5 Å². The van der Waals surface area contributed by atoms with Gasteiger partial charge in [0.2, 0.25) is 5.78 Å². The molecule has 0 aromatic heterocycles. The summed E-state index contributed by atoms with van der Waals surface area (Å²) in [4.78, 5) is 14.7. The number of hydrogen-bond donors (Lipinski definition) is 1. The first kappa shape index (κ1) is 19.7. The number of Topliss-reactive ketones (excluding diaryl/α,β-unsaturated/α-hetero) is 1. The molecule has 2 aliphatic rings. The Kier molecular flexibility index (Phi) is 7.09. The first-order valence-electron chi connectivity index (χ1n) is 9.31. The van der Waals surface area contributed by atoms with Gasteiger partial charge in [-0.2, -0.15) is 0 Å². The van der Waals surface area contributed by atoms with Gasteiger partial charge in [-0.25, -0.2) is 0 Å². The minimum Gasteiger partial charge on any atom is -0.509 e. The molecule has 0 saturated carbocycles. The van der Waals surface area contributed by atoms with Crippen molar-refractivity contribution in [3.63, 3.8) is 0 Å². The maximum atomic E-state index is 12.4. The van der Waals surface area contributed by atoms with Crippen LogP contribution in [0, 0.1) is 0 Å². The van der Waals surface area contributed by atoms with Crippen molar-refractivity contribution in [2.45, 2.75) is 18.9 Å². The number of methoxy groups -OCH3 is 1. The summed E-state index contributed by atoms with van der Waals surface area (Å²) in [7, 11) is 1.57. The number of ketones is 1. The maximum Gasteiger partial charge on any atom is 0.201 e. The Morgan fingerprint density at radius 2 is 2.07 bits per heavy atom. The largest absolute Gasteiger partial charge is 0.509 e. The minimum atomic E-state index is -0.401. The van der Waals surface area contributed by atoms with Crippen LogP contribution in [-0.2, 0) is 14.3 Å². The van der Waals surface area contributed by atoms with Crippen LogP contribution in [0.15, 0.2) is 35.6 Å². The molecule has 2 heterocycles. The zero-order valence-corrected chi connectivity index (χ0v) is 15.7. The summed E-state index contributed by atoms with van der Waals surface area (Å²) in [5, 5.41) is 10.4. The number of hydrogen-bond acceptors (Lipinski definition) is 7. The Morgan fingerprint density at radius 3 is 2.85 bits per heavy atom. The average molecular weight is 377 g/mol. The molecule has 0 bridgehead atoms. The van der Waals surface area contributed by atoms with Crippen LogP contribution in [0.2, 0.25) is 0 Å². The molecule has 0 radical (unpaired) electrons. The molecule has 0 spiro atoms. The Bertz CT molecular complexity index is 668. The fourth-order valence-corrected chi connectivity index (χ4v) is 3.23. The van der Waals surface area contributed by atoms with E-state index in [1.807, 2.05) is 0 Å². The van der Waals surface area contributed by atoms with Gasteiger partial charge in [0, 0.05) is 19.2 Å². The Balaban J connectivity index is 1.46. The van der Waals surface area contributed by atoms with E-state index in [4.69, 9.17) is 18.9 Å². The number of carbonyl (C=O) groups excluding carboxylic acids is 1. The third-order valence-corrected chi connectivity index (χ3v) is 4.84. The third-order valence-electron chi connectivity index (χ3n) is 4.84. The maximum absolute atomic E-state index is 12.4. The van der Waals surface area contributed by atoms with Gasteiger partial charge in [-0.15, -0.1) is 0 Å². The van der Waals surface area contributed by atoms with Crippen LogP contribution in [0.4, 0.5) is 0 Å². The van der Waals surface area contributed by atoms with Crippen LogP contribution in [0.3, 0.4) is 0 Å². The van der Waals surface area contributed by atoms with Crippen molar-refractivity contribution in [3.8, 4) is 11.5 Å². The second kappa shape index (κ2) is 9.73. The van der Waals surface area contributed by atoms with Gasteiger partial charge in [-0.3, -0.25) is 9.69 Å². The highest BCUT2D eigenvalue weighted by Gasteiger charge is 2.30. The van der Waals surface area contributed by atoms with E-state index in [0.717, 1.165) is 39.3 Å². The van der Waals surface area contributed by atoms with E-state index in [1.54, 1.807) is 31.4 Å². The average Bonchev–Trinajstić information content (AvgIpc) is 3.08. The summed E-state index contributed by atoms with van der Waals surface area (Å²) in [5.41, 5.74) is 0.314. The van der Waals surface area contributed by atoms with Gasteiger partial charge >= 0.3 is 0 Å². The minimum absolute atomic E-state index is 0.0521. The molecule has 7 heteroatoms.